The Bertz CT molecular complexity index is 666. The maximum atomic E-state index is 13.8. The highest BCUT2D eigenvalue weighted by atomic mass is 79.9. The number of hydrogen-bond acceptors (Lipinski definition) is 2. The molecule has 0 aliphatic heterocycles. The van der Waals surface area contributed by atoms with Crippen molar-refractivity contribution in [3.63, 3.8) is 0 Å². The average molecular weight is 342 g/mol. The lowest BCUT2D eigenvalue weighted by atomic mass is 10.1. The summed E-state index contributed by atoms with van der Waals surface area (Å²) in [4.78, 5) is 10.7. The van der Waals surface area contributed by atoms with Crippen LogP contribution in [0.4, 0.5) is 20.2 Å². The summed E-state index contributed by atoms with van der Waals surface area (Å²) >= 11 is 3.27. The van der Waals surface area contributed by atoms with Crippen molar-refractivity contribution in [2.75, 3.05) is 5.32 Å². The van der Waals surface area contributed by atoms with Crippen molar-refractivity contribution in [3.05, 3.63) is 57.6 Å². The number of carboxylic acid groups (broad SMARTS) is 1. The van der Waals surface area contributed by atoms with Crippen molar-refractivity contribution in [2.24, 2.45) is 0 Å². The molecule has 20 heavy (non-hydrogen) atoms. The average Bonchev–Trinajstić information content (AvgIpc) is 2.37. The van der Waals surface area contributed by atoms with Gasteiger partial charge < -0.3 is 10.4 Å². The van der Waals surface area contributed by atoms with Crippen LogP contribution in [0.1, 0.15) is 15.9 Å². The molecule has 2 aromatic rings. The van der Waals surface area contributed by atoms with E-state index >= 15 is 0 Å². The molecule has 0 aliphatic rings. The van der Waals surface area contributed by atoms with E-state index < -0.39 is 23.2 Å². The maximum Gasteiger partial charge on any atom is 0.335 e. The zero-order valence-electron chi connectivity index (χ0n) is 10.4. The molecule has 6 heteroatoms. The molecule has 104 valence electrons. The van der Waals surface area contributed by atoms with Gasteiger partial charge in [0.1, 0.15) is 5.69 Å². The third kappa shape index (κ3) is 2.96. The van der Waals surface area contributed by atoms with E-state index in [0.717, 1.165) is 17.7 Å². The van der Waals surface area contributed by atoms with Crippen LogP contribution in [0.15, 0.2) is 34.8 Å². The number of rotatable bonds is 3. The molecule has 2 aromatic carbocycles. The first kappa shape index (κ1) is 14.5. The molecular formula is C14H10BrF2NO2. The van der Waals surface area contributed by atoms with Gasteiger partial charge in [-0.25, -0.2) is 13.6 Å². The van der Waals surface area contributed by atoms with Crippen molar-refractivity contribution in [1.29, 1.82) is 0 Å². The van der Waals surface area contributed by atoms with Crippen LogP contribution in [0.2, 0.25) is 0 Å². The molecule has 2 rings (SSSR count). The normalized spacial score (nSPS) is 10.4. The van der Waals surface area contributed by atoms with Crippen molar-refractivity contribution in [3.8, 4) is 0 Å². The Morgan fingerprint density at radius 2 is 1.80 bits per heavy atom. The first-order valence-electron chi connectivity index (χ1n) is 5.64. The lowest BCUT2D eigenvalue weighted by molar-refractivity contribution is 0.0696. The van der Waals surface area contributed by atoms with Gasteiger partial charge in [0.25, 0.3) is 0 Å². The molecule has 0 fully saturated rings. The molecular weight excluding hydrogens is 332 g/mol. The summed E-state index contributed by atoms with van der Waals surface area (Å²) in [5.74, 6) is -3.31. The fourth-order valence-electron chi connectivity index (χ4n) is 1.69. The molecule has 0 unspecified atom stereocenters. The number of nitrogens with one attached hydrogen (secondary N) is 1. The van der Waals surface area contributed by atoms with Gasteiger partial charge in [0.2, 0.25) is 0 Å². The largest absolute Gasteiger partial charge is 0.478 e. The van der Waals surface area contributed by atoms with Gasteiger partial charge >= 0.3 is 5.97 Å². The second kappa shape index (κ2) is 5.58. The van der Waals surface area contributed by atoms with Crippen LogP contribution in [0.3, 0.4) is 0 Å². The molecule has 0 bridgehead atoms. The monoisotopic (exact) mass is 341 g/mol. The summed E-state index contributed by atoms with van der Waals surface area (Å²) in [7, 11) is 0. The summed E-state index contributed by atoms with van der Waals surface area (Å²) in [6.45, 7) is 1.85. The van der Waals surface area contributed by atoms with Crippen LogP contribution in [0, 0.1) is 18.6 Å². The van der Waals surface area contributed by atoms with E-state index in [1.807, 2.05) is 13.0 Å². The number of carboxylic acids is 1. The molecule has 0 atom stereocenters. The lowest BCUT2D eigenvalue weighted by Gasteiger charge is -2.12. The standard InChI is InChI=1S/C14H10BrF2NO2/c1-7-2-3-9(15)12(4-7)18-13-10(16)5-8(14(19)20)6-11(13)17/h2-6,18H,1H3,(H,19,20). The Morgan fingerprint density at radius 1 is 1.20 bits per heavy atom. The van der Waals surface area contributed by atoms with Gasteiger partial charge in [-0.1, -0.05) is 6.07 Å². The summed E-state index contributed by atoms with van der Waals surface area (Å²) in [5, 5.41) is 11.4. The van der Waals surface area contributed by atoms with Gasteiger partial charge in [0.15, 0.2) is 11.6 Å². The highest BCUT2D eigenvalue weighted by molar-refractivity contribution is 9.10. The molecule has 0 spiro atoms. The zero-order valence-corrected chi connectivity index (χ0v) is 12.0. The summed E-state index contributed by atoms with van der Waals surface area (Å²) in [6.07, 6.45) is 0. The highest BCUT2D eigenvalue weighted by Crippen LogP contribution is 2.30. The molecule has 3 nitrogen and oxygen atoms in total. The Hall–Kier alpha value is -1.95. The SMILES string of the molecule is Cc1ccc(Br)c(Nc2c(F)cc(C(=O)O)cc2F)c1. The van der Waals surface area contributed by atoms with Gasteiger partial charge in [-0.2, -0.15) is 0 Å². The predicted molar refractivity (Wildman–Crippen MR) is 75.5 cm³/mol. The van der Waals surface area contributed by atoms with Gasteiger partial charge in [-0.3, -0.25) is 0 Å². The van der Waals surface area contributed by atoms with Gasteiger partial charge in [0, 0.05) is 4.47 Å². The van der Waals surface area contributed by atoms with E-state index in [1.165, 1.54) is 0 Å². The van der Waals surface area contributed by atoms with E-state index in [0.29, 0.717) is 10.2 Å². The number of carbonyl (C=O) groups is 1. The second-order valence-electron chi connectivity index (χ2n) is 4.23. The topological polar surface area (TPSA) is 49.3 Å². The molecule has 0 saturated heterocycles. The molecule has 0 aliphatic carbocycles. The van der Waals surface area contributed by atoms with Crippen LogP contribution in [0.25, 0.3) is 0 Å². The van der Waals surface area contributed by atoms with Crippen LogP contribution >= 0.6 is 15.9 Å². The van der Waals surface area contributed by atoms with E-state index in [4.69, 9.17) is 5.11 Å². The van der Waals surface area contributed by atoms with E-state index in [1.54, 1.807) is 12.1 Å². The fraction of sp³-hybridized carbons (Fsp3) is 0.0714. The first-order chi connectivity index (χ1) is 9.38. The predicted octanol–water partition coefficient (Wildman–Crippen LogP) is 4.48. The summed E-state index contributed by atoms with van der Waals surface area (Å²) in [6, 6.07) is 6.86. The third-order valence-electron chi connectivity index (χ3n) is 2.67. The van der Waals surface area contributed by atoms with Gasteiger partial charge in [-0.05, 0) is 52.7 Å². The van der Waals surface area contributed by atoms with Crippen molar-refractivity contribution < 1.29 is 18.7 Å². The molecule has 0 amide bonds. The Kier molecular flexibility index (Phi) is 4.04. The molecule has 0 heterocycles. The smallest absolute Gasteiger partial charge is 0.335 e. The van der Waals surface area contributed by atoms with Gasteiger partial charge in [-0.15, -0.1) is 0 Å². The first-order valence-corrected chi connectivity index (χ1v) is 6.43. The number of anilines is 2. The number of aryl methyl sites for hydroxylation is 1. The van der Waals surface area contributed by atoms with Crippen molar-refractivity contribution >= 4 is 33.3 Å². The fourth-order valence-corrected chi connectivity index (χ4v) is 2.03. The summed E-state index contributed by atoms with van der Waals surface area (Å²) < 4.78 is 28.3. The number of benzene rings is 2. The quantitative estimate of drug-likeness (QED) is 0.865. The zero-order chi connectivity index (χ0) is 14.9. The van der Waals surface area contributed by atoms with Crippen LogP contribution in [-0.2, 0) is 0 Å². The minimum atomic E-state index is -1.38. The van der Waals surface area contributed by atoms with Crippen molar-refractivity contribution in [1.82, 2.24) is 0 Å². The second-order valence-corrected chi connectivity index (χ2v) is 5.08. The molecule has 0 radical (unpaired) electrons. The Morgan fingerprint density at radius 3 is 2.35 bits per heavy atom. The number of hydrogen-bond donors (Lipinski definition) is 2. The number of halogens is 3. The highest BCUT2D eigenvalue weighted by Gasteiger charge is 2.15. The Labute approximate surface area is 122 Å². The Balaban J connectivity index is 2.44. The lowest BCUT2D eigenvalue weighted by Crippen LogP contribution is -2.03. The van der Waals surface area contributed by atoms with E-state index in [9.17, 15) is 13.6 Å². The molecule has 0 saturated carbocycles. The minimum Gasteiger partial charge on any atom is -0.478 e. The third-order valence-corrected chi connectivity index (χ3v) is 3.36. The molecule has 2 N–H and O–H groups in total. The minimum absolute atomic E-state index is 0.388. The maximum absolute atomic E-state index is 13.8. The van der Waals surface area contributed by atoms with E-state index in [2.05, 4.69) is 21.2 Å². The van der Waals surface area contributed by atoms with E-state index in [-0.39, 0.29) is 5.69 Å². The van der Waals surface area contributed by atoms with Crippen LogP contribution in [-0.4, -0.2) is 11.1 Å². The molecule has 0 aromatic heterocycles. The van der Waals surface area contributed by atoms with Crippen LogP contribution < -0.4 is 5.32 Å². The van der Waals surface area contributed by atoms with Crippen molar-refractivity contribution in [2.45, 2.75) is 6.92 Å². The van der Waals surface area contributed by atoms with Crippen LogP contribution in [0.5, 0.6) is 0 Å². The number of aromatic carboxylic acids is 1. The van der Waals surface area contributed by atoms with Gasteiger partial charge in [0.05, 0.1) is 11.3 Å². The summed E-state index contributed by atoms with van der Waals surface area (Å²) in [5.41, 5.74) is 0.583.